The van der Waals surface area contributed by atoms with E-state index < -0.39 is 12.8 Å². The van der Waals surface area contributed by atoms with Crippen molar-refractivity contribution in [1.82, 2.24) is 0 Å². The third kappa shape index (κ3) is 2.78. The van der Waals surface area contributed by atoms with Crippen LogP contribution in [0, 0.1) is 0 Å². The molecule has 0 bridgehead atoms. The first-order chi connectivity index (χ1) is 10.5. The van der Waals surface area contributed by atoms with Gasteiger partial charge < -0.3 is 9.64 Å². The fraction of sp³-hybridized carbons (Fsp3) is 0.312. The number of ether oxygens (including phenoxy) is 1. The number of alkyl halides is 3. The molecule has 1 aliphatic rings. The zero-order valence-electron chi connectivity index (χ0n) is 11.7. The maximum Gasteiger partial charge on any atom is 0.411 e. The molecule has 2 aromatic rings. The quantitative estimate of drug-likeness (QED) is 0.787. The summed E-state index contributed by atoms with van der Waals surface area (Å²) in [6.45, 7) is -0.948. The molecule has 1 aliphatic heterocycles. The molecule has 3 nitrogen and oxygen atoms in total. The van der Waals surface area contributed by atoms with Gasteiger partial charge in [-0.05, 0) is 23.9 Å². The number of carbonyl (C=O) groups is 1. The van der Waals surface area contributed by atoms with Gasteiger partial charge in [0.25, 0.3) is 5.91 Å². The third-order valence-corrected chi connectivity index (χ3v) is 3.59. The summed E-state index contributed by atoms with van der Waals surface area (Å²) in [4.78, 5) is 14.0. The van der Waals surface area contributed by atoms with Gasteiger partial charge in [-0.1, -0.05) is 24.3 Å². The van der Waals surface area contributed by atoms with Crippen LogP contribution in [0.5, 0.6) is 0 Å². The van der Waals surface area contributed by atoms with Crippen molar-refractivity contribution in [2.75, 3.05) is 24.7 Å². The van der Waals surface area contributed by atoms with Crippen LogP contribution < -0.4 is 4.90 Å². The molecule has 22 heavy (non-hydrogen) atoms. The number of anilines is 1. The van der Waals surface area contributed by atoms with E-state index in [1.54, 1.807) is 11.0 Å². The van der Waals surface area contributed by atoms with E-state index in [1.165, 1.54) is 0 Å². The predicted octanol–water partition coefficient (Wildman–Crippen LogP) is 3.77. The molecule has 0 fully saturated rings. The Balaban J connectivity index is 1.67. The van der Waals surface area contributed by atoms with Gasteiger partial charge >= 0.3 is 6.18 Å². The number of rotatable bonds is 5. The molecular weight excluding hydrogens is 295 g/mol. The average molecular weight is 309 g/mol. The molecule has 0 radical (unpaired) electrons. The molecule has 0 unspecified atom stereocenters. The number of carbonyl (C=O) groups excluding carboxylic acids is 1. The number of hydrogen-bond donors (Lipinski definition) is 0. The van der Waals surface area contributed by atoms with Gasteiger partial charge in [0.05, 0.1) is 5.69 Å². The van der Waals surface area contributed by atoms with Crippen LogP contribution in [-0.2, 0) is 4.74 Å². The highest BCUT2D eigenvalue weighted by molar-refractivity contribution is 6.24. The van der Waals surface area contributed by atoms with Gasteiger partial charge in [0, 0.05) is 24.1 Å². The van der Waals surface area contributed by atoms with E-state index >= 15 is 0 Å². The van der Waals surface area contributed by atoms with Crippen LogP contribution in [0.3, 0.4) is 0 Å². The van der Waals surface area contributed by atoms with Gasteiger partial charge in [0.1, 0.15) is 6.61 Å². The minimum Gasteiger partial charge on any atom is -0.372 e. The number of hydrogen-bond acceptors (Lipinski definition) is 2. The second-order valence-corrected chi connectivity index (χ2v) is 5.16. The van der Waals surface area contributed by atoms with Crippen LogP contribution in [0.1, 0.15) is 16.8 Å². The smallest absolute Gasteiger partial charge is 0.372 e. The lowest BCUT2D eigenvalue weighted by Gasteiger charge is -2.17. The normalized spacial score (nSPS) is 14.1. The molecule has 0 saturated carbocycles. The zero-order valence-corrected chi connectivity index (χ0v) is 11.7. The average Bonchev–Trinajstić information content (AvgIpc) is 2.74. The maximum atomic E-state index is 12.4. The van der Waals surface area contributed by atoms with Gasteiger partial charge in [0.15, 0.2) is 0 Å². The molecule has 3 rings (SSSR count). The Labute approximate surface area is 125 Å². The molecule has 6 heteroatoms. The standard InChI is InChI=1S/C16H14F3NO2/c17-16(18,19)10-22-9-3-8-20-13-7-2-5-11-4-1-6-12(14(11)13)15(20)21/h1-2,4-7H,3,8-10H2. The van der Waals surface area contributed by atoms with E-state index in [2.05, 4.69) is 4.74 Å². The van der Waals surface area contributed by atoms with E-state index in [1.807, 2.05) is 30.3 Å². The first-order valence-corrected chi connectivity index (χ1v) is 6.95. The number of nitrogens with zero attached hydrogens (tertiary/aromatic N) is 1. The minimum atomic E-state index is -4.31. The summed E-state index contributed by atoms with van der Waals surface area (Å²) in [7, 11) is 0. The van der Waals surface area contributed by atoms with Crippen molar-refractivity contribution in [2.24, 2.45) is 0 Å². The van der Waals surface area contributed by atoms with Gasteiger partial charge in [-0.2, -0.15) is 13.2 Å². The van der Waals surface area contributed by atoms with Gasteiger partial charge in [-0.25, -0.2) is 0 Å². The summed E-state index contributed by atoms with van der Waals surface area (Å²) in [6.07, 6.45) is -3.96. The Bertz CT molecular complexity index is 707. The summed E-state index contributed by atoms with van der Waals surface area (Å²) in [5.41, 5.74) is 1.46. The van der Waals surface area contributed by atoms with Crippen molar-refractivity contribution in [3.05, 3.63) is 42.0 Å². The van der Waals surface area contributed by atoms with Crippen molar-refractivity contribution in [3.63, 3.8) is 0 Å². The third-order valence-electron chi connectivity index (χ3n) is 3.59. The first-order valence-electron chi connectivity index (χ1n) is 6.95. The van der Waals surface area contributed by atoms with Crippen LogP contribution in [-0.4, -0.2) is 31.8 Å². The van der Waals surface area contributed by atoms with Gasteiger partial charge in [-0.3, -0.25) is 4.79 Å². The Morgan fingerprint density at radius 2 is 1.82 bits per heavy atom. The first kappa shape index (κ1) is 14.8. The second kappa shape index (κ2) is 5.61. The maximum absolute atomic E-state index is 12.4. The molecule has 0 aliphatic carbocycles. The molecular formula is C16H14F3NO2. The highest BCUT2D eigenvalue weighted by Gasteiger charge is 2.29. The molecule has 0 aromatic heterocycles. The summed E-state index contributed by atoms with van der Waals surface area (Å²) in [5.74, 6) is -0.109. The van der Waals surface area contributed by atoms with Crippen molar-refractivity contribution in [1.29, 1.82) is 0 Å². The zero-order chi connectivity index (χ0) is 15.7. The van der Waals surface area contributed by atoms with E-state index in [9.17, 15) is 18.0 Å². The fourth-order valence-corrected chi connectivity index (χ4v) is 2.71. The van der Waals surface area contributed by atoms with Crippen LogP contribution >= 0.6 is 0 Å². The number of amides is 1. The predicted molar refractivity (Wildman–Crippen MR) is 77.1 cm³/mol. The summed E-state index contributed by atoms with van der Waals surface area (Å²) < 4.78 is 40.5. The SMILES string of the molecule is O=C1c2cccc3cccc(c23)N1CCCOCC(F)(F)F. The van der Waals surface area contributed by atoms with E-state index in [-0.39, 0.29) is 12.5 Å². The molecule has 1 heterocycles. The molecule has 0 spiro atoms. The Hall–Kier alpha value is -2.08. The minimum absolute atomic E-state index is 0.0321. The highest BCUT2D eigenvalue weighted by Crippen LogP contribution is 2.37. The van der Waals surface area contributed by atoms with Crippen molar-refractivity contribution >= 4 is 22.4 Å². The monoisotopic (exact) mass is 309 g/mol. The largest absolute Gasteiger partial charge is 0.411 e. The lowest BCUT2D eigenvalue weighted by Crippen LogP contribution is -2.29. The van der Waals surface area contributed by atoms with Crippen molar-refractivity contribution in [3.8, 4) is 0 Å². The summed E-state index contributed by atoms with van der Waals surface area (Å²) >= 11 is 0. The molecule has 116 valence electrons. The van der Waals surface area contributed by atoms with Crippen LogP contribution in [0.25, 0.3) is 10.8 Å². The van der Waals surface area contributed by atoms with Crippen LogP contribution in [0.4, 0.5) is 18.9 Å². The summed E-state index contributed by atoms with van der Waals surface area (Å²) in [5, 5.41) is 1.89. The topological polar surface area (TPSA) is 29.5 Å². The molecule has 2 aromatic carbocycles. The molecule has 0 N–H and O–H groups in total. The highest BCUT2D eigenvalue weighted by atomic mass is 19.4. The molecule has 1 amide bonds. The van der Waals surface area contributed by atoms with E-state index in [0.717, 1.165) is 16.5 Å². The number of halogens is 3. The molecule has 0 saturated heterocycles. The van der Waals surface area contributed by atoms with Crippen LogP contribution in [0.2, 0.25) is 0 Å². The van der Waals surface area contributed by atoms with E-state index in [4.69, 9.17) is 0 Å². The van der Waals surface area contributed by atoms with Crippen LogP contribution in [0.15, 0.2) is 36.4 Å². The second-order valence-electron chi connectivity index (χ2n) is 5.16. The lowest BCUT2D eigenvalue weighted by atomic mass is 10.1. The van der Waals surface area contributed by atoms with Gasteiger partial charge in [-0.15, -0.1) is 0 Å². The summed E-state index contributed by atoms with van der Waals surface area (Å²) in [6, 6.07) is 11.2. The van der Waals surface area contributed by atoms with Crippen molar-refractivity contribution in [2.45, 2.75) is 12.6 Å². The number of benzene rings is 2. The molecule has 0 atom stereocenters. The Kier molecular flexibility index (Phi) is 3.78. The lowest BCUT2D eigenvalue weighted by molar-refractivity contribution is -0.173. The Morgan fingerprint density at radius 1 is 1.09 bits per heavy atom. The van der Waals surface area contributed by atoms with Gasteiger partial charge in [0.2, 0.25) is 0 Å². The fourth-order valence-electron chi connectivity index (χ4n) is 2.71. The van der Waals surface area contributed by atoms with E-state index in [0.29, 0.717) is 18.5 Å². The Morgan fingerprint density at radius 3 is 2.55 bits per heavy atom. The van der Waals surface area contributed by atoms with Crippen molar-refractivity contribution < 1.29 is 22.7 Å².